The van der Waals surface area contributed by atoms with Crippen LogP contribution in [-0.4, -0.2) is 31.0 Å². The Hall–Kier alpha value is -2.09. The summed E-state index contributed by atoms with van der Waals surface area (Å²) in [4.78, 5) is 4.72. The molecule has 1 heterocycles. The Morgan fingerprint density at radius 2 is 1.36 bits per heavy atom. The SMILES string of the molecule is [18F]CCOCC[P+](c1ccccc1)(c1ccccc1)c1ccccn1. The minimum absolute atomic E-state index is 0.145. The first kappa shape index (κ1) is 17.7. The summed E-state index contributed by atoms with van der Waals surface area (Å²) in [5.41, 5.74) is 1.08. The summed E-state index contributed by atoms with van der Waals surface area (Å²) in [5.74, 6) is 0. The first-order valence-electron chi connectivity index (χ1n) is 8.42. The van der Waals surface area contributed by atoms with Crippen molar-refractivity contribution in [3.8, 4) is 0 Å². The molecule has 4 heteroatoms. The first-order chi connectivity index (χ1) is 12.4. The third-order valence-electron chi connectivity index (χ3n) is 4.23. The molecule has 0 saturated carbocycles. The minimum Gasteiger partial charge on any atom is -0.375 e. The molecule has 0 amide bonds. The summed E-state index contributed by atoms with van der Waals surface area (Å²) >= 11 is 0. The van der Waals surface area contributed by atoms with Crippen molar-refractivity contribution in [2.75, 3.05) is 26.1 Å². The van der Waals surface area contributed by atoms with E-state index in [0.29, 0.717) is 6.61 Å². The highest BCUT2D eigenvalue weighted by molar-refractivity contribution is 7.95. The highest BCUT2D eigenvalue weighted by Gasteiger charge is 2.46. The third-order valence-corrected chi connectivity index (χ3v) is 8.49. The number of benzene rings is 2. The van der Waals surface area contributed by atoms with Crippen LogP contribution in [0.1, 0.15) is 0 Å². The van der Waals surface area contributed by atoms with Crippen molar-refractivity contribution in [3.63, 3.8) is 0 Å². The summed E-state index contributed by atoms with van der Waals surface area (Å²) in [5, 5.41) is 2.53. The zero-order valence-corrected chi connectivity index (χ0v) is 15.0. The Bertz CT molecular complexity index is 656. The quantitative estimate of drug-likeness (QED) is 0.458. The van der Waals surface area contributed by atoms with E-state index in [4.69, 9.17) is 9.72 Å². The number of pyridine rings is 1. The Morgan fingerprint density at radius 3 is 1.88 bits per heavy atom. The van der Waals surface area contributed by atoms with E-state index in [1.807, 2.05) is 30.5 Å². The van der Waals surface area contributed by atoms with Crippen LogP contribution in [0.4, 0.5) is 4.39 Å². The maximum absolute atomic E-state index is 12.5. The summed E-state index contributed by atoms with van der Waals surface area (Å²) < 4.78 is 18.0. The van der Waals surface area contributed by atoms with Crippen molar-refractivity contribution < 1.29 is 9.13 Å². The van der Waals surface area contributed by atoms with Gasteiger partial charge in [0, 0.05) is 12.3 Å². The molecule has 0 saturated heterocycles. The Kier molecular flexibility index (Phi) is 6.27. The van der Waals surface area contributed by atoms with Crippen LogP contribution >= 0.6 is 7.26 Å². The number of alkyl halides is 1. The fourth-order valence-electron chi connectivity index (χ4n) is 3.09. The number of rotatable bonds is 8. The molecule has 128 valence electrons. The lowest BCUT2D eigenvalue weighted by Crippen LogP contribution is -2.36. The van der Waals surface area contributed by atoms with Crippen LogP contribution in [0.15, 0.2) is 85.1 Å². The molecule has 0 N–H and O–H groups in total. The monoisotopic (exact) mass is 353 g/mol. The van der Waals surface area contributed by atoms with E-state index in [2.05, 4.69) is 54.6 Å². The van der Waals surface area contributed by atoms with Gasteiger partial charge in [-0.25, -0.2) is 9.37 Å². The Morgan fingerprint density at radius 1 is 0.760 bits per heavy atom. The summed E-state index contributed by atoms with van der Waals surface area (Å²) in [6.45, 7) is 0.204. The molecule has 25 heavy (non-hydrogen) atoms. The lowest BCUT2D eigenvalue weighted by molar-refractivity contribution is 0.132. The van der Waals surface area contributed by atoms with Crippen molar-refractivity contribution in [1.82, 2.24) is 4.98 Å². The molecule has 2 aromatic carbocycles. The zero-order chi connectivity index (χ0) is 17.4. The van der Waals surface area contributed by atoms with Gasteiger partial charge in [-0.2, -0.15) is 0 Å². The molecule has 3 rings (SSSR count). The molecule has 0 unspecified atom stereocenters. The second-order valence-electron chi connectivity index (χ2n) is 5.69. The Balaban J connectivity index is 2.13. The van der Waals surface area contributed by atoms with E-state index in [1.54, 1.807) is 0 Å². The van der Waals surface area contributed by atoms with E-state index in [1.165, 1.54) is 10.6 Å². The van der Waals surface area contributed by atoms with E-state index in [-0.39, 0.29) is 6.61 Å². The minimum atomic E-state index is -1.95. The number of halogens is 1. The van der Waals surface area contributed by atoms with Gasteiger partial charge in [0.2, 0.25) is 0 Å². The zero-order valence-electron chi connectivity index (χ0n) is 14.1. The second-order valence-corrected chi connectivity index (χ2v) is 9.25. The maximum atomic E-state index is 12.5. The highest BCUT2D eigenvalue weighted by atomic mass is 31.2. The fourth-order valence-corrected chi connectivity index (χ4v) is 7.03. The van der Waals surface area contributed by atoms with Crippen molar-refractivity contribution in [2.24, 2.45) is 0 Å². The largest absolute Gasteiger partial charge is 0.375 e. The first-order valence-corrected chi connectivity index (χ1v) is 10.4. The maximum Gasteiger partial charge on any atom is 0.192 e. The van der Waals surface area contributed by atoms with Gasteiger partial charge in [-0.3, -0.25) is 0 Å². The lowest BCUT2D eigenvalue weighted by atomic mass is 10.4. The average Bonchev–Trinajstić information content (AvgIpc) is 2.70. The van der Waals surface area contributed by atoms with Crippen molar-refractivity contribution >= 4 is 23.3 Å². The van der Waals surface area contributed by atoms with Crippen LogP contribution in [0.25, 0.3) is 0 Å². The number of hydrogen-bond donors (Lipinski definition) is 0. The predicted octanol–water partition coefficient (Wildman–Crippen LogP) is 3.36. The van der Waals surface area contributed by atoms with E-state index in [9.17, 15) is 4.39 Å². The smallest absolute Gasteiger partial charge is 0.192 e. The molecule has 2 nitrogen and oxygen atoms in total. The molecular formula is C21H22FNOP+. The van der Waals surface area contributed by atoms with E-state index >= 15 is 0 Å². The standard InChI is InChI=1S/C21H22FNOP/c22-14-16-24-17-18-25(19-9-3-1-4-10-19,20-11-5-2-6-12-20)21-13-7-8-15-23-21/h1-13,15H,14,16-18H2/q+1/i22-1. The predicted molar refractivity (Wildman–Crippen MR) is 105 cm³/mol. The molecule has 0 fully saturated rings. The molecule has 0 spiro atoms. The summed E-state index contributed by atoms with van der Waals surface area (Å²) in [6, 6.07) is 27.1. The van der Waals surface area contributed by atoms with Crippen LogP contribution in [0.5, 0.6) is 0 Å². The van der Waals surface area contributed by atoms with Gasteiger partial charge in [0.1, 0.15) is 24.5 Å². The third kappa shape index (κ3) is 3.95. The number of nitrogens with zero attached hydrogens (tertiary/aromatic N) is 1. The molecule has 0 radical (unpaired) electrons. The molecule has 3 aromatic rings. The fraction of sp³-hybridized carbons (Fsp3) is 0.190. The molecule has 0 aliphatic rings. The van der Waals surface area contributed by atoms with Gasteiger partial charge in [-0.05, 0) is 30.3 Å². The number of aromatic nitrogens is 1. The van der Waals surface area contributed by atoms with Crippen molar-refractivity contribution in [1.29, 1.82) is 0 Å². The summed E-state index contributed by atoms with van der Waals surface area (Å²) in [6.07, 6.45) is 2.65. The van der Waals surface area contributed by atoms with E-state index in [0.717, 1.165) is 11.6 Å². The molecule has 0 bridgehead atoms. The van der Waals surface area contributed by atoms with Crippen LogP contribution < -0.4 is 16.0 Å². The van der Waals surface area contributed by atoms with Gasteiger partial charge in [-0.15, -0.1) is 0 Å². The molecule has 0 aliphatic heterocycles. The van der Waals surface area contributed by atoms with Crippen molar-refractivity contribution in [2.45, 2.75) is 0 Å². The molecule has 0 aliphatic carbocycles. The Labute approximate surface area is 149 Å². The molecule has 1 aromatic heterocycles. The van der Waals surface area contributed by atoms with E-state index < -0.39 is 13.9 Å². The molecular weight excluding hydrogens is 331 g/mol. The van der Waals surface area contributed by atoms with Crippen LogP contribution in [0, 0.1) is 0 Å². The van der Waals surface area contributed by atoms with Crippen molar-refractivity contribution in [3.05, 3.63) is 85.1 Å². The number of hydrogen-bond acceptors (Lipinski definition) is 2. The number of ether oxygens (including phenoxy) is 1. The van der Waals surface area contributed by atoms with Crippen LogP contribution in [0.3, 0.4) is 0 Å². The molecule has 0 atom stereocenters. The lowest BCUT2D eigenvalue weighted by Gasteiger charge is -2.26. The van der Waals surface area contributed by atoms with Gasteiger partial charge >= 0.3 is 0 Å². The summed E-state index contributed by atoms with van der Waals surface area (Å²) in [7, 11) is -1.95. The van der Waals surface area contributed by atoms with Crippen LogP contribution in [0.2, 0.25) is 0 Å². The van der Waals surface area contributed by atoms with Gasteiger partial charge in [0.25, 0.3) is 0 Å². The van der Waals surface area contributed by atoms with Gasteiger partial charge in [-0.1, -0.05) is 42.5 Å². The second kappa shape index (κ2) is 8.84. The van der Waals surface area contributed by atoms with Gasteiger partial charge < -0.3 is 4.74 Å². The average molecular weight is 353 g/mol. The normalized spacial score (nSPS) is 11.4. The topological polar surface area (TPSA) is 22.1 Å². The van der Waals surface area contributed by atoms with Gasteiger partial charge in [0.05, 0.1) is 19.4 Å². The van der Waals surface area contributed by atoms with Crippen LogP contribution in [-0.2, 0) is 4.74 Å². The highest BCUT2D eigenvalue weighted by Crippen LogP contribution is 2.54. The van der Waals surface area contributed by atoms with Gasteiger partial charge in [0.15, 0.2) is 5.44 Å².